The van der Waals surface area contributed by atoms with E-state index in [0.29, 0.717) is 19.5 Å². The highest BCUT2D eigenvalue weighted by molar-refractivity contribution is 5.80. The van der Waals surface area contributed by atoms with E-state index in [2.05, 4.69) is 5.32 Å². The highest BCUT2D eigenvalue weighted by Crippen LogP contribution is 2.16. The van der Waals surface area contributed by atoms with Gasteiger partial charge in [0.1, 0.15) is 0 Å². The Bertz CT molecular complexity index is 173. The number of esters is 1. The standard InChI is InChI=1S/C8H15NO3/c1-6(2)12-7(10)8(11)3-4-9-5-8/h6,9,11H,3-5H2,1-2H3. The maximum absolute atomic E-state index is 11.3. The summed E-state index contributed by atoms with van der Waals surface area (Å²) in [6.07, 6.45) is 0.278. The molecule has 0 aliphatic carbocycles. The van der Waals surface area contributed by atoms with Gasteiger partial charge in [-0.3, -0.25) is 0 Å². The SMILES string of the molecule is CC(C)OC(=O)C1(O)CCNC1. The van der Waals surface area contributed by atoms with E-state index in [0.717, 1.165) is 0 Å². The monoisotopic (exact) mass is 173 g/mol. The van der Waals surface area contributed by atoms with Crippen molar-refractivity contribution < 1.29 is 14.6 Å². The molecule has 1 aliphatic heterocycles. The summed E-state index contributed by atoms with van der Waals surface area (Å²) in [6.45, 7) is 4.51. The summed E-state index contributed by atoms with van der Waals surface area (Å²) >= 11 is 0. The fraction of sp³-hybridized carbons (Fsp3) is 0.875. The van der Waals surface area contributed by atoms with Crippen LogP contribution in [0.5, 0.6) is 0 Å². The molecule has 1 heterocycles. The second-order valence-corrected chi connectivity index (χ2v) is 3.41. The van der Waals surface area contributed by atoms with E-state index in [1.54, 1.807) is 13.8 Å². The summed E-state index contributed by atoms with van der Waals surface area (Å²) in [5.41, 5.74) is -1.29. The van der Waals surface area contributed by atoms with E-state index >= 15 is 0 Å². The fourth-order valence-corrected chi connectivity index (χ4v) is 1.18. The van der Waals surface area contributed by atoms with Crippen molar-refractivity contribution >= 4 is 5.97 Å². The zero-order chi connectivity index (χ0) is 9.19. The molecular weight excluding hydrogens is 158 g/mol. The number of carbonyl (C=O) groups excluding carboxylic acids is 1. The maximum Gasteiger partial charge on any atom is 0.339 e. The predicted molar refractivity (Wildman–Crippen MR) is 43.7 cm³/mol. The van der Waals surface area contributed by atoms with Crippen LogP contribution in [-0.2, 0) is 9.53 Å². The molecule has 4 nitrogen and oxygen atoms in total. The smallest absolute Gasteiger partial charge is 0.339 e. The van der Waals surface area contributed by atoms with Crippen LogP contribution >= 0.6 is 0 Å². The Morgan fingerprint density at radius 2 is 2.33 bits per heavy atom. The maximum atomic E-state index is 11.3. The van der Waals surface area contributed by atoms with Crippen molar-refractivity contribution in [2.75, 3.05) is 13.1 Å². The van der Waals surface area contributed by atoms with Crippen molar-refractivity contribution in [3.63, 3.8) is 0 Å². The Morgan fingerprint density at radius 1 is 1.67 bits per heavy atom. The molecule has 0 saturated carbocycles. The Morgan fingerprint density at radius 3 is 2.75 bits per heavy atom. The van der Waals surface area contributed by atoms with E-state index in [4.69, 9.17) is 4.74 Å². The average molecular weight is 173 g/mol. The van der Waals surface area contributed by atoms with Crippen LogP contribution in [0.25, 0.3) is 0 Å². The van der Waals surface area contributed by atoms with Crippen LogP contribution in [0.4, 0.5) is 0 Å². The van der Waals surface area contributed by atoms with E-state index in [1.807, 2.05) is 0 Å². The Balaban J connectivity index is 2.50. The first-order valence-corrected chi connectivity index (χ1v) is 4.19. The highest BCUT2D eigenvalue weighted by Gasteiger charge is 2.40. The van der Waals surface area contributed by atoms with Crippen LogP contribution in [0.2, 0.25) is 0 Å². The molecule has 0 aromatic carbocycles. The summed E-state index contributed by atoms with van der Waals surface area (Å²) in [7, 11) is 0. The van der Waals surface area contributed by atoms with Gasteiger partial charge >= 0.3 is 5.97 Å². The Hall–Kier alpha value is -0.610. The van der Waals surface area contributed by atoms with Crippen molar-refractivity contribution in [3.05, 3.63) is 0 Å². The number of carbonyl (C=O) groups is 1. The normalized spacial score (nSPS) is 29.3. The molecule has 1 aliphatic rings. The third kappa shape index (κ3) is 1.95. The van der Waals surface area contributed by atoms with Gasteiger partial charge in [-0.25, -0.2) is 4.79 Å². The minimum Gasteiger partial charge on any atom is -0.461 e. The highest BCUT2D eigenvalue weighted by atomic mass is 16.6. The van der Waals surface area contributed by atoms with E-state index in [9.17, 15) is 9.90 Å². The number of β-amino-alcohol motifs (C(OH)–C–C–N with tert-alkyl or cyclic N) is 1. The zero-order valence-electron chi connectivity index (χ0n) is 7.46. The van der Waals surface area contributed by atoms with Gasteiger partial charge in [-0.05, 0) is 20.4 Å². The topological polar surface area (TPSA) is 58.6 Å². The number of hydrogen-bond donors (Lipinski definition) is 2. The molecule has 0 spiro atoms. The quantitative estimate of drug-likeness (QED) is 0.561. The second-order valence-electron chi connectivity index (χ2n) is 3.41. The van der Waals surface area contributed by atoms with E-state index in [-0.39, 0.29) is 6.10 Å². The van der Waals surface area contributed by atoms with Crippen molar-refractivity contribution in [1.82, 2.24) is 5.32 Å². The number of nitrogens with one attached hydrogen (secondary N) is 1. The lowest BCUT2D eigenvalue weighted by molar-refractivity contribution is -0.167. The lowest BCUT2D eigenvalue weighted by atomic mass is 10.0. The minimum atomic E-state index is -1.29. The van der Waals surface area contributed by atoms with E-state index < -0.39 is 11.6 Å². The summed E-state index contributed by atoms with van der Waals surface area (Å²) in [4.78, 5) is 11.3. The zero-order valence-corrected chi connectivity index (χ0v) is 7.46. The van der Waals surface area contributed by atoms with Crippen molar-refractivity contribution in [1.29, 1.82) is 0 Å². The molecule has 1 unspecified atom stereocenters. The van der Waals surface area contributed by atoms with Crippen LogP contribution in [0.15, 0.2) is 0 Å². The first kappa shape index (κ1) is 9.48. The Labute approximate surface area is 71.9 Å². The number of aliphatic hydroxyl groups is 1. The van der Waals surface area contributed by atoms with Gasteiger partial charge in [0.2, 0.25) is 0 Å². The number of rotatable bonds is 2. The number of ether oxygens (including phenoxy) is 1. The molecule has 0 amide bonds. The average Bonchev–Trinajstić information content (AvgIpc) is 2.36. The first-order valence-electron chi connectivity index (χ1n) is 4.19. The van der Waals surface area contributed by atoms with Gasteiger partial charge in [0.25, 0.3) is 0 Å². The molecule has 1 rings (SSSR count). The molecule has 0 aromatic heterocycles. The van der Waals surface area contributed by atoms with Crippen molar-refractivity contribution in [2.24, 2.45) is 0 Å². The van der Waals surface area contributed by atoms with Gasteiger partial charge in [-0.2, -0.15) is 0 Å². The van der Waals surface area contributed by atoms with Gasteiger partial charge in [-0.1, -0.05) is 0 Å². The molecule has 12 heavy (non-hydrogen) atoms. The summed E-state index contributed by atoms with van der Waals surface area (Å²) in [6, 6.07) is 0. The third-order valence-electron chi connectivity index (χ3n) is 1.86. The van der Waals surface area contributed by atoms with Crippen LogP contribution < -0.4 is 5.32 Å². The Kier molecular flexibility index (Phi) is 2.69. The molecule has 2 N–H and O–H groups in total. The second kappa shape index (κ2) is 3.41. The summed E-state index contributed by atoms with van der Waals surface area (Å²) in [5, 5.41) is 12.6. The molecular formula is C8H15NO3. The summed E-state index contributed by atoms with van der Waals surface area (Å²) in [5.74, 6) is -0.512. The van der Waals surface area contributed by atoms with Crippen molar-refractivity contribution in [3.8, 4) is 0 Å². The molecule has 4 heteroatoms. The molecule has 1 atom stereocenters. The molecule has 0 bridgehead atoms. The molecule has 70 valence electrons. The number of hydrogen-bond acceptors (Lipinski definition) is 4. The van der Waals surface area contributed by atoms with Crippen molar-refractivity contribution in [2.45, 2.75) is 32.0 Å². The third-order valence-corrected chi connectivity index (χ3v) is 1.86. The van der Waals surface area contributed by atoms with Crippen LogP contribution in [0.3, 0.4) is 0 Å². The molecule has 1 saturated heterocycles. The van der Waals surface area contributed by atoms with Crippen LogP contribution in [0.1, 0.15) is 20.3 Å². The molecule has 0 aromatic rings. The van der Waals surface area contributed by atoms with E-state index in [1.165, 1.54) is 0 Å². The lowest BCUT2D eigenvalue weighted by Gasteiger charge is -2.20. The van der Waals surface area contributed by atoms with Gasteiger partial charge in [-0.15, -0.1) is 0 Å². The molecule has 0 radical (unpaired) electrons. The molecule has 1 fully saturated rings. The van der Waals surface area contributed by atoms with Crippen LogP contribution in [0, 0.1) is 0 Å². The lowest BCUT2D eigenvalue weighted by Crippen LogP contribution is -2.42. The predicted octanol–water partition coefficient (Wildman–Crippen LogP) is -0.338. The minimum absolute atomic E-state index is 0.165. The van der Waals surface area contributed by atoms with Gasteiger partial charge < -0.3 is 15.2 Å². The van der Waals surface area contributed by atoms with Crippen LogP contribution in [-0.4, -0.2) is 35.9 Å². The largest absolute Gasteiger partial charge is 0.461 e. The van der Waals surface area contributed by atoms with Gasteiger partial charge in [0.15, 0.2) is 5.60 Å². The fourth-order valence-electron chi connectivity index (χ4n) is 1.18. The summed E-state index contributed by atoms with van der Waals surface area (Å²) < 4.78 is 4.91. The van der Waals surface area contributed by atoms with Gasteiger partial charge in [0.05, 0.1) is 6.10 Å². The van der Waals surface area contributed by atoms with Gasteiger partial charge in [0, 0.05) is 13.0 Å². The first-order chi connectivity index (χ1) is 5.54.